The van der Waals surface area contributed by atoms with E-state index in [0.717, 1.165) is 31.8 Å². The fourth-order valence-electron chi connectivity index (χ4n) is 2.89. The lowest BCUT2D eigenvalue weighted by atomic mass is 9.78. The molecule has 20 heavy (non-hydrogen) atoms. The minimum Gasteiger partial charge on any atom is -0.468 e. The zero-order valence-electron chi connectivity index (χ0n) is 13.4. The molecule has 2 heterocycles. The molecule has 0 aromatic carbocycles. The molecule has 0 saturated carbocycles. The van der Waals surface area contributed by atoms with Crippen LogP contribution in [-0.2, 0) is 13.1 Å². The largest absolute Gasteiger partial charge is 0.468 e. The zero-order valence-corrected chi connectivity index (χ0v) is 13.4. The van der Waals surface area contributed by atoms with Crippen molar-refractivity contribution in [2.45, 2.75) is 59.5 Å². The van der Waals surface area contributed by atoms with Gasteiger partial charge in [0, 0.05) is 12.1 Å². The third-order valence-electron chi connectivity index (χ3n) is 4.86. The maximum atomic E-state index is 5.63. The van der Waals surface area contributed by atoms with Crippen LogP contribution in [0.2, 0.25) is 0 Å². The predicted molar refractivity (Wildman–Crippen MR) is 83.6 cm³/mol. The van der Waals surface area contributed by atoms with Gasteiger partial charge in [-0.2, -0.15) is 0 Å². The molecule has 0 spiro atoms. The van der Waals surface area contributed by atoms with E-state index in [4.69, 9.17) is 4.42 Å². The summed E-state index contributed by atoms with van der Waals surface area (Å²) < 4.78 is 5.63. The van der Waals surface area contributed by atoms with Crippen molar-refractivity contribution in [1.29, 1.82) is 0 Å². The summed E-state index contributed by atoms with van der Waals surface area (Å²) in [5.74, 6) is 1.11. The van der Waals surface area contributed by atoms with Gasteiger partial charge in [0.25, 0.3) is 0 Å². The summed E-state index contributed by atoms with van der Waals surface area (Å²) in [6.45, 7) is 12.3. The van der Waals surface area contributed by atoms with Gasteiger partial charge in [-0.15, -0.1) is 0 Å². The number of nitrogens with zero attached hydrogens (tertiary/aromatic N) is 1. The van der Waals surface area contributed by atoms with Crippen LogP contribution in [0.1, 0.15) is 57.8 Å². The first-order valence-corrected chi connectivity index (χ1v) is 8.15. The van der Waals surface area contributed by atoms with E-state index in [1.165, 1.54) is 37.9 Å². The van der Waals surface area contributed by atoms with Crippen LogP contribution in [0.5, 0.6) is 0 Å². The molecular weight excluding hydrogens is 248 g/mol. The van der Waals surface area contributed by atoms with Crippen molar-refractivity contribution in [3.63, 3.8) is 0 Å². The van der Waals surface area contributed by atoms with Gasteiger partial charge in [-0.3, -0.25) is 4.90 Å². The fraction of sp³-hybridized carbons (Fsp3) is 0.765. The highest BCUT2D eigenvalue weighted by molar-refractivity contribution is 5.17. The van der Waals surface area contributed by atoms with Crippen molar-refractivity contribution < 1.29 is 4.42 Å². The van der Waals surface area contributed by atoms with Gasteiger partial charge in [-0.1, -0.05) is 27.2 Å². The highest BCUT2D eigenvalue weighted by Gasteiger charge is 2.28. The van der Waals surface area contributed by atoms with Gasteiger partial charge in [0.05, 0.1) is 12.8 Å². The summed E-state index contributed by atoms with van der Waals surface area (Å²) in [6.07, 6.45) is 6.95. The molecule has 114 valence electrons. The molecule has 3 heteroatoms. The van der Waals surface area contributed by atoms with E-state index >= 15 is 0 Å². The summed E-state index contributed by atoms with van der Waals surface area (Å²) in [5.41, 5.74) is 1.92. The summed E-state index contributed by atoms with van der Waals surface area (Å²) in [4.78, 5) is 2.57. The molecule has 1 saturated heterocycles. The van der Waals surface area contributed by atoms with E-state index in [0.29, 0.717) is 5.41 Å². The Hall–Kier alpha value is -0.800. The Morgan fingerprint density at radius 1 is 1.30 bits per heavy atom. The molecular formula is C17H30N2O. The first-order valence-electron chi connectivity index (χ1n) is 8.15. The number of furan rings is 1. The van der Waals surface area contributed by atoms with Crippen LogP contribution in [0.15, 0.2) is 16.7 Å². The maximum Gasteiger partial charge on any atom is 0.122 e. The third-order valence-corrected chi connectivity index (χ3v) is 4.86. The average Bonchev–Trinajstić information content (AvgIpc) is 2.89. The first-order chi connectivity index (χ1) is 9.67. The second-order valence-corrected chi connectivity index (χ2v) is 6.49. The molecule has 0 amide bonds. The van der Waals surface area contributed by atoms with Gasteiger partial charge in [-0.25, -0.2) is 0 Å². The molecule has 0 atom stereocenters. The molecule has 1 aliphatic rings. The van der Waals surface area contributed by atoms with Gasteiger partial charge < -0.3 is 9.73 Å². The van der Waals surface area contributed by atoms with Crippen molar-refractivity contribution >= 4 is 0 Å². The van der Waals surface area contributed by atoms with Gasteiger partial charge in [0.15, 0.2) is 0 Å². The topological polar surface area (TPSA) is 28.4 Å². The molecule has 3 nitrogen and oxygen atoms in total. The van der Waals surface area contributed by atoms with Crippen LogP contribution in [0.25, 0.3) is 0 Å². The normalized spacial score (nSPS) is 19.4. The minimum atomic E-state index is 0.568. The Labute approximate surface area is 123 Å². The van der Waals surface area contributed by atoms with Gasteiger partial charge >= 0.3 is 0 Å². The number of rotatable bonds is 7. The summed E-state index contributed by atoms with van der Waals surface area (Å²) in [6, 6.07) is 2.14. The van der Waals surface area contributed by atoms with Crippen LogP contribution in [0.3, 0.4) is 0 Å². The van der Waals surface area contributed by atoms with Crippen molar-refractivity contribution in [2.75, 3.05) is 19.6 Å². The molecule has 0 aliphatic carbocycles. The number of likely N-dealkylation sites (tertiary alicyclic amines) is 1. The SMILES string of the molecule is CCCNCc1occc1CN1CCC(C)(CC)CC1. The number of hydrogen-bond donors (Lipinski definition) is 1. The quantitative estimate of drug-likeness (QED) is 0.769. The highest BCUT2D eigenvalue weighted by atomic mass is 16.3. The molecule has 1 N–H and O–H groups in total. The molecule has 0 bridgehead atoms. The lowest BCUT2D eigenvalue weighted by molar-refractivity contribution is 0.109. The smallest absolute Gasteiger partial charge is 0.122 e. The monoisotopic (exact) mass is 278 g/mol. The lowest BCUT2D eigenvalue weighted by Gasteiger charge is -2.38. The maximum absolute atomic E-state index is 5.63. The zero-order chi connectivity index (χ0) is 14.4. The Morgan fingerprint density at radius 2 is 2.05 bits per heavy atom. The van der Waals surface area contributed by atoms with Crippen LogP contribution in [0, 0.1) is 5.41 Å². The lowest BCUT2D eigenvalue weighted by Crippen LogP contribution is -2.38. The summed E-state index contributed by atoms with van der Waals surface area (Å²) >= 11 is 0. The Balaban J connectivity index is 1.84. The predicted octanol–water partition coefficient (Wildman–Crippen LogP) is 3.79. The van der Waals surface area contributed by atoms with Crippen molar-refractivity contribution in [1.82, 2.24) is 10.2 Å². The summed E-state index contributed by atoms with van der Waals surface area (Å²) in [5, 5.41) is 3.43. The molecule has 0 radical (unpaired) electrons. The Kier molecular flexibility index (Phi) is 5.67. The third kappa shape index (κ3) is 4.10. The number of nitrogens with one attached hydrogen (secondary N) is 1. The van der Waals surface area contributed by atoms with E-state index in [2.05, 4.69) is 37.1 Å². The van der Waals surface area contributed by atoms with Gasteiger partial charge in [0.1, 0.15) is 5.76 Å². The first kappa shape index (κ1) is 15.6. The molecule has 1 fully saturated rings. The van der Waals surface area contributed by atoms with E-state index < -0.39 is 0 Å². The molecule has 1 aromatic rings. The van der Waals surface area contributed by atoms with Crippen molar-refractivity contribution in [3.8, 4) is 0 Å². The van der Waals surface area contributed by atoms with E-state index in [-0.39, 0.29) is 0 Å². The molecule has 1 aromatic heterocycles. The Morgan fingerprint density at radius 3 is 2.70 bits per heavy atom. The van der Waals surface area contributed by atoms with Gasteiger partial charge in [0.2, 0.25) is 0 Å². The van der Waals surface area contributed by atoms with E-state index in [1.54, 1.807) is 0 Å². The highest BCUT2D eigenvalue weighted by Crippen LogP contribution is 2.34. The number of piperidine rings is 1. The fourth-order valence-corrected chi connectivity index (χ4v) is 2.89. The Bertz CT molecular complexity index is 391. The molecule has 2 rings (SSSR count). The van der Waals surface area contributed by atoms with Crippen molar-refractivity contribution in [2.24, 2.45) is 5.41 Å². The molecule has 1 aliphatic heterocycles. The minimum absolute atomic E-state index is 0.568. The average molecular weight is 278 g/mol. The van der Waals surface area contributed by atoms with E-state index in [1.807, 2.05) is 6.26 Å². The standard InChI is InChI=1S/C17H30N2O/c1-4-9-18-13-16-15(6-12-20-16)14-19-10-7-17(3,5-2)8-11-19/h6,12,18H,4-5,7-11,13-14H2,1-3H3. The van der Waals surface area contributed by atoms with E-state index in [9.17, 15) is 0 Å². The second-order valence-electron chi connectivity index (χ2n) is 6.49. The molecule has 0 unspecified atom stereocenters. The van der Waals surface area contributed by atoms with Crippen LogP contribution in [0.4, 0.5) is 0 Å². The van der Waals surface area contributed by atoms with Crippen molar-refractivity contribution in [3.05, 3.63) is 23.7 Å². The van der Waals surface area contributed by atoms with Gasteiger partial charge in [-0.05, 0) is 50.4 Å². The second kappa shape index (κ2) is 7.28. The van der Waals surface area contributed by atoms with Crippen LogP contribution >= 0.6 is 0 Å². The summed E-state index contributed by atoms with van der Waals surface area (Å²) in [7, 11) is 0. The van der Waals surface area contributed by atoms with Crippen LogP contribution < -0.4 is 5.32 Å². The van der Waals surface area contributed by atoms with Crippen LogP contribution in [-0.4, -0.2) is 24.5 Å². The number of hydrogen-bond acceptors (Lipinski definition) is 3.